The number of hydrogen-bond donors (Lipinski definition) is 2. The fourth-order valence-electron chi connectivity index (χ4n) is 2.00. The molecule has 0 amide bonds. The molecule has 0 spiro atoms. The van der Waals surface area contributed by atoms with Crippen LogP contribution >= 0.6 is 0 Å². The third-order valence-corrected chi connectivity index (χ3v) is 5.21. The highest BCUT2D eigenvalue weighted by Gasteiger charge is 2.28. The second-order valence-electron chi connectivity index (χ2n) is 5.67. The van der Waals surface area contributed by atoms with Gasteiger partial charge in [-0.3, -0.25) is 0 Å². The Morgan fingerprint density at radius 2 is 2.15 bits per heavy atom. The lowest BCUT2D eigenvalue weighted by Gasteiger charge is -2.19. The van der Waals surface area contributed by atoms with Gasteiger partial charge in [-0.05, 0) is 39.9 Å². The van der Waals surface area contributed by atoms with Gasteiger partial charge in [0, 0.05) is 37.1 Å². The molecule has 0 bridgehead atoms. The van der Waals surface area contributed by atoms with Crippen LogP contribution in [0.4, 0.5) is 0 Å². The largest absolute Gasteiger partial charge is 0.346 e. The molecule has 20 heavy (non-hydrogen) atoms. The third-order valence-electron chi connectivity index (χ3n) is 3.82. The summed E-state index contributed by atoms with van der Waals surface area (Å²) in [6.45, 7) is 2.73. The van der Waals surface area contributed by atoms with Crippen molar-refractivity contribution < 1.29 is 8.42 Å². The maximum absolute atomic E-state index is 12.3. The van der Waals surface area contributed by atoms with Gasteiger partial charge < -0.3 is 15.2 Å². The number of rotatable bonds is 7. The Morgan fingerprint density at radius 1 is 1.50 bits per heavy atom. The summed E-state index contributed by atoms with van der Waals surface area (Å²) in [4.78, 5) is 2.29. The zero-order valence-electron chi connectivity index (χ0n) is 12.3. The molecule has 1 atom stereocenters. The van der Waals surface area contributed by atoms with E-state index in [1.54, 1.807) is 12.3 Å². The van der Waals surface area contributed by atoms with Gasteiger partial charge in [0.15, 0.2) is 0 Å². The highest BCUT2D eigenvalue weighted by Crippen LogP contribution is 2.37. The van der Waals surface area contributed by atoms with Crippen molar-refractivity contribution in [3.05, 3.63) is 18.0 Å². The summed E-state index contributed by atoms with van der Waals surface area (Å²) in [6, 6.07) is 2.25. The van der Waals surface area contributed by atoms with E-state index in [1.165, 1.54) is 0 Å². The number of nitrogens with two attached hydrogens (primary N) is 1. The summed E-state index contributed by atoms with van der Waals surface area (Å²) < 4.78 is 29.3. The molecule has 114 valence electrons. The smallest absolute Gasteiger partial charge is 0.242 e. The summed E-state index contributed by atoms with van der Waals surface area (Å²) in [5.41, 5.74) is 6.57. The van der Waals surface area contributed by atoms with Gasteiger partial charge >= 0.3 is 0 Å². The van der Waals surface area contributed by atoms with Crippen LogP contribution in [0.5, 0.6) is 0 Å². The van der Waals surface area contributed by atoms with Gasteiger partial charge in [0.2, 0.25) is 10.0 Å². The van der Waals surface area contributed by atoms with E-state index in [4.69, 9.17) is 5.73 Å². The summed E-state index contributed by atoms with van der Waals surface area (Å²) >= 11 is 0. The number of nitrogens with zero attached hydrogens (tertiary/aromatic N) is 2. The monoisotopic (exact) mass is 300 g/mol. The van der Waals surface area contributed by atoms with E-state index in [0.29, 0.717) is 24.0 Å². The Kier molecular flexibility index (Phi) is 4.53. The number of nitrogens with one attached hydrogen (secondary N) is 1. The molecule has 3 N–H and O–H groups in total. The minimum atomic E-state index is -3.46. The summed E-state index contributed by atoms with van der Waals surface area (Å²) in [5, 5.41) is 0. The van der Waals surface area contributed by atoms with Crippen LogP contribution in [-0.2, 0) is 16.6 Å². The van der Waals surface area contributed by atoms with Gasteiger partial charge in [0.25, 0.3) is 0 Å². The van der Waals surface area contributed by atoms with E-state index in [0.717, 1.165) is 18.5 Å². The van der Waals surface area contributed by atoms with Crippen molar-refractivity contribution in [2.24, 2.45) is 5.73 Å². The van der Waals surface area contributed by atoms with Crippen LogP contribution in [-0.4, -0.2) is 44.6 Å². The maximum atomic E-state index is 12.3. The van der Waals surface area contributed by atoms with Crippen LogP contribution in [0.3, 0.4) is 0 Å². The topological polar surface area (TPSA) is 80.4 Å². The molecule has 1 aliphatic carbocycles. The van der Waals surface area contributed by atoms with Gasteiger partial charge in [-0.25, -0.2) is 13.1 Å². The van der Waals surface area contributed by atoms with E-state index < -0.39 is 10.0 Å². The SMILES string of the molecule is CC(CNS(=O)(=O)c1cc(CN)n(C2CC2)c1)N(C)C. The predicted molar refractivity (Wildman–Crippen MR) is 78.9 cm³/mol. The molecular formula is C13H24N4O2S. The van der Waals surface area contributed by atoms with Crippen LogP contribution in [0.2, 0.25) is 0 Å². The number of likely N-dealkylation sites (N-methyl/N-ethyl adjacent to an activating group) is 1. The van der Waals surface area contributed by atoms with E-state index in [-0.39, 0.29) is 6.04 Å². The average Bonchev–Trinajstić information content (AvgIpc) is 3.14. The minimum absolute atomic E-state index is 0.143. The molecule has 1 heterocycles. The van der Waals surface area contributed by atoms with Gasteiger partial charge in [-0.15, -0.1) is 0 Å². The average molecular weight is 300 g/mol. The lowest BCUT2D eigenvalue weighted by Crippen LogP contribution is -2.38. The van der Waals surface area contributed by atoms with Crippen LogP contribution in [0.25, 0.3) is 0 Å². The second kappa shape index (κ2) is 5.85. The number of hydrogen-bond acceptors (Lipinski definition) is 4. The van der Waals surface area contributed by atoms with Crippen molar-refractivity contribution in [2.75, 3.05) is 20.6 Å². The highest BCUT2D eigenvalue weighted by atomic mass is 32.2. The first-order valence-corrected chi connectivity index (χ1v) is 8.40. The molecule has 1 saturated carbocycles. The molecule has 0 radical (unpaired) electrons. The zero-order valence-corrected chi connectivity index (χ0v) is 13.2. The molecule has 6 nitrogen and oxygen atoms in total. The Hall–Kier alpha value is -0.890. The Labute approximate surface area is 121 Å². The summed E-state index contributed by atoms with van der Waals surface area (Å²) in [7, 11) is 0.392. The third kappa shape index (κ3) is 3.41. The molecule has 1 fully saturated rings. The van der Waals surface area contributed by atoms with Crippen molar-refractivity contribution in [3.8, 4) is 0 Å². The standard InChI is InChI=1S/C13H24N4O2S/c1-10(16(2)3)8-15-20(18,19)13-6-12(7-14)17(9-13)11-4-5-11/h6,9-11,15H,4-5,7-8,14H2,1-3H3. The number of sulfonamides is 1. The molecule has 1 unspecified atom stereocenters. The highest BCUT2D eigenvalue weighted by molar-refractivity contribution is 7.89. The first-order chi connectivity index (χ1) is 9.35. The minimum Gasteiger partial charge on any atom is -0.346 e. The Balaban J connectivity index is 2.13. The van der Waals surface area contributed by atoms with Crippen LogP contribution in [0.15, 0.2) is 17.2 Å². The first-order valence-electron chi connectivity index (χ1n) is 6.92. The first kappa shape index (κ1) is 15.5. The van der Waals surface area contributed by atoms with Gasteiger partial charge in [-0.2, -0.15) is 0 Å². The van der Waals surface area contributed by atoms with Gasteiger partial charge in [0.1, 0.15) is 0 Å². The van der Waals surface area contributed by atoms with Crippen molar-refractivity contribution in [3.63, 3.8) is 0 Å². The zero-order chi connectivity index (χ0) is 14.9. The van der Waals surface area contributed by atoms with Gasteiger partial charge in [-0.1, -0.05) is 0 Å². The van der Waals surface area contributed by atoms with Crippen molar-refractivity contribution in [1.82, 2.24) is 14.2 Å². The molecule has 0 saturated heterocycles. The van der Waals surface area contributed by atoms with Crippen LogP contribution in [0, 0.1) is 0 Å². The van der Waals surface area contributed by atoms with E-state index in [1.807, 2.05) is 30.5 Å². The van der Waals surface area contributed by atoms with Crippen molar-refractivity contribution in [1.29, 1.82) is 0 Å². The lowest BCUT2D eigenvalue weighted by atomic mass is 10.3. The second-order valence-corrected chi connectivity index (χ2v) is 7.44. The van der Waals surface area contributed by atoms with E-state index in [2.05, 4.69) is 4.72 Å². The fraction of sp³-hybridized carbons (Fsp3) is 0.692. The molecule has 0 aromatic carbocycles. The predicted octanol–water partition coefficient (Wildman–Crippen LogP) is 0.510. The number of aromatic nitrogens is 1. The lowest BCUT2D eigenvalue weighted by molar-refractivity contribution is 0.314. The Morgan fingerprint density at radius 3 is 2.65 bits per heavy atom. The maximum Gasteiger partial charge on any atom is 0.242 e. The molecule has 1 aromatic heterocycles. The quantitative estimate of drug-likeness (QED) is 0.769. The molecule has 1 aromatic rings. The van der Waals surface area contributed by atoms with Crippen molar-refractivity contribution >= 4 is 10.0 Å². The van der Waals surface area contributed by atoms with Gasteiger partial charge in [0.05, 0.1) is 4.90 Å². The molecule has 0 aliphatic heterocycles. The van der Waals surface area contributed by atoms with Crippen molar-refractivity contribution in [2.45, 2.75) is 43.3 Å². The molecule has 1 aliphatic rings. The molecular weight excluding hydrogens is 276 g/mol. The van der Waals surface area contributed by atoms with Crippen LogP contribution < -0.4 is 10.5 Å². The summed E-state index contributed by atoms with van der Waals surface area (Å²) in [5.74, 6) is 0. The van der Waals surface area contributed by atoms with E-state index in [9.17, 15) is 8.42 Å². The van der Waals surface area contributed by atoms with Crippen LogP contribution in [0.1, 0.15) is 31.5 Å². The fourth-order valence-corrected chi connectivity index (χ4v) is 3.17. The molecule has 7 heteroatoms. The van der Waals surface area contributed by atoms with E-state index >= 15 is 0 Å². The normalized spacial score (nSPS) is 17.6. The molecule has 2 rings (SSSR count). The summed E-state index contributed by atoms with van der Waals surface area (Å²) in [6.07, 6.45) is 3.92. The Bertz CT molecular complexity index is 561.